The highest BCUT2D eigenvalue weighted by molar-refractivity contribution is 7.05. The molecule has 0 spiro atoms. The van der Waals surface area contributed by atoms with E-state index < -0.39 is 0 Å². The Bertz CT molecular complexity index is 407. The number of nitriles is 1. The first-order valence-electron chi connectivity index (χ1n) is 6.13. The molecule has 5 heteroatoms. The molecule has 0 amide bonds. The lowest BCUT2D eigenvalue weighted by molar-refractivity contribution is 0.193. The second kappa shape index (κ2) is 5.56. The summed E-state index contributed by atoms with van der Waals surface area (Å²) in [6, 6.07) is 2.38. The Labute approximate surface area is 106 Å². The topological polar surface area (TPSA) is 52.8 Å². The van der Waals surface area contributed by atoms with Crippen LogP contribution in [0.15, 0.2) is 0 Å². The fourth-order valence-electron chi connectivity index (χ4n) is 2.27. The number of likely N-dealkylation sites (tertiary alicyclic amines) is 1. The molecule has 92 valence electrons. The minimum absolute atomic E-state index is 0.201. The third kappa shape index (κ3) is 3.02. The van der Waals surface area contributed by atoms with E-state index in [0.717, 1.165) is 38.2 Å². The average Bonchev–Trinajstić information content (AvgIpc) is 2.77. The van der Waals surface area contributed by atoms with Gasteiger partial charge in [0.05, 0.1) is 22.6 Å². The number of hydrogen-bond donors (Lipinski definition) is 0. The lowest BCUT2D eigenvalue weighted by Gasteiger charge is -2.29. The van der Waals surface area contributed by atoms with Gasteiger partial charge in [-0.3, -0.25) is 4.90 Å². The minimum atomic E-state index is 0.201. The van der Waals surface area contributed by atoms with E-state index in [0.29, 0.717) is 5.92 Å². The van der Waals surface area contributed by atoms with Crippen LogP contribution in [0.1, 0.15) is 43.2 Å². The van der Waals surface area contributed by atoms with Crippen LogP contribution in [0.5, 0.6) is 0 Å². The number of hydrogen-bond acceptors (Lipinski definition) is 5. The predicted octanol–water partition coefficient (Wildman–Crippen LogP) is 2.40. The first-order chi connectivity index (χ1) is 8.20. The van der Waals surface area contributed by atoms with Gasteiger partial charge in [0.15, 0.2) is 0 Å². The van der Waals surface area contributed by atoms with Crippen molar-refractivity contribution in [3.8, 4) is 6.07 Å². The van der Waals surface area contributed by atoms with E-state index in [-0.39, 0.29) is 5.92 Å². The van der Waals surface area contributed by atoms with Gasteiger partial charge in [-0.2, -0.15) is 5.26 Å². The molecule has 0 N–H and O–H groups in total. The Hall–Kier alpha value is -0.990. The average molecular weight is 250 g/mol. The van der Waals surface area contributed by atoms with Crippen LogP contribution in [0.3, 0.4) is 0 Å². The van der Waals surface area contributed by atoms with E-state index in [1.54, 1.807) is 0 Å². The lowest BCUT2D eigenvalue weighted by atomic mass is 9.99. The van der Waals surface area contributed by atoms with Crippen LogP contribution in [0.4, 0.5) is 0 Å². The smallest absolute Gasteiger partial charge is 0.0826 e. The molecule has 1 fully saturated rings. The monoisotopic (exact) mass is 250 g/mol. The zero-order valence-corrected chi connectivity index (χ0v) is 11.2. The summed E-state index contributed by atoms with van der Waals surface area (Å²) in [7, 11) is 0. The third-order valence-corrected chi connectivity index (χ3v) is 3.91. The fourth-order valence-corrected chi connectivity index (χ4v) is 3.11. The molecule has 0 saturated carbocycles. The molecule has 4 nitrogen and oxygen atoms in total. The summed E-state index contributed by atoms with van der Waals surface area (Å²) in [5.74, 6) is 0.632. The van der Waals surface area contributed by atoms with Crippen LogP contribution in [0.2, 0.25) is 0 Å². The van der Waals surface area contributed by atoms with Crippen LogP contribution >= 0.6 is 11.5 Å². The van der Waals surface area contributed by atoms with Crippen molar-refractivity contribution in [2.75, 3.05) is 13.1 Å². The fraction of sp³-hybridized carbons (Fsp3) is 0.750. The molecule has 0 bridgehead atoms. The van der Waals surface area contributed by atoms with Crippen molar-refractivity contribution in [2.24, 2.45) is 5.92 Å². The first-order valence-corrected chi connectivity index (χ1v) is 6.91. The number of rotatable bonds is 3. The molecular weight excluding hydrogens is 232 g/mol. The molecule has 2 heterocycles. The molecule has 0 aliphatic carbocycles. The minimum Gasteiger partial charge on any atom is -0.297 e. The van der Waals surface area contributed by atoms with E-state index in [2.05, 4.69) is 34.4 Å². The van der Waals surface area contributed by atoms with E-state index in [1.165, 1.54) is 16.4 Å². The zero-order chi connectivity index (χ0) is 12.3. The van der Waals surface area contributed by atoms with Gasteiger partial charge in [0.1, 0.15) is 0 Å². The molecule has 1 aromatic rings. The first kappa shape index (κ1) is 12.5. The summed E-state index contributed by atoms with van der Waals surface area (Å²) in [6.07, 6.45) is 2.17. The Morgan fingerprint density at radius 1 is 1.59 bits per heavy atom. The molecule has 17 heavy (non-hydrogen) atoms. The predicted molar refractivity (Wildman–Crippen MR) is 67.6 cm³/mol. The second-order valence-electron chi connectivity index (χ2n) is 4.94. The van der Waals surface area contributed by atoms with E-state index in [9.17, 15) is 0 Å². The number of piperidine rings is 1. The summed E-state index contributed by atoms with van der Waals surface area (Å²) >= 11 is 1.49. The summed E-state index contributed by atoms with van der Waals surface area (Å²) in [5.41, 5.74) is 1.12. The summed E-state index contributed by atoms with van der Waals surface area (Å²) < 4.78 is 4.05. The molecule has 2 rings (SSSR count). The lowest BCUT2D eigenvalue weighted by Crippen LogP contribution is -2.34. The van der Waals surface area contributed by atoms with Crippen LogP contribution in [-0.4, -0.2) is 27.6 Å². The van der Waals surface area contributed by atoms with Crippen molar-refractivity contribution in [2.45, 2.75) is 39.2 Å². The van der Waals surface area contributed by atoms with Gasteiger partial charge < -0.3 is 0 Å². The summed E-state index contributed by atoms with van der Waals surface area (Å²) in [6.45, 7) is 7.19. The molecule has 1 aromatic heterocycles. The maximum Gasteiger partial charge on any atom is 0.0826 e. The molecule has 1 atom stereocenters. The van der Waals surface area contributed by atoms with Crippen molar-refractivity contribution in [3.05, 3.63) is 10.6 Å². The summed E-state index contributed by atoms with van der Waals surface area (Å²) in [4.78, 5) is 3.62. The normalized spacial score (nSPS) is 21.6. The van der Waals surface area contributed by atoms with Crippen molar-refractivity contribution in [1.82, 2.24) is 14.5 Å². The van der Waals surface area contributed by atoms with Crippen LogP contribution in [0.25, 0.3) is 0 Å². The number of aromatic nitrogens is 2. The van der Waals surface area contributed by atoms with Crippen molar-refractivity contribution >= 4 is 11.5 Å². The Morgan fingerprint density at radius 2 is 2.41 bits per heavy atom. The molecule has 1 aliphatic heterocycles. The molecule has 1 aliphatic rings. The van der Waals surface area contributed by atoms with E-state index in [1.807, 2.05) is 0 Å². The van der Waals surface area contributed by atoms with Crippen molar-refractivity contribution < 1.29 is 0 Å². The van der Waals surface area contributed by atoms with Gasteiger partial charge in [-0.05, 0) is 36.8 Å². The van der Waals surface area contributed by atoms with Gasteiger partial charge in [-0.1, -0.05) is 18.3 Å². The highest BCUT2D eigenvalue weighted by Gasteiger charge is 2.21. The van der Waals surface area contributed by atoms with E-state index >= 15 is 0 Å². The van der Waals surface area contributed by atoms with Gasteiger partial charge in [-0.25, -0.2) is 0 Å². The van der Waals surface area contributed by atoms with Gasteiger partial charge in [0, 0.05) is 13.1 Å². The summed E-state index contributed by atoms with van der Waals surface area (Å²) in [5, 5.41) is 13.2. The van der Waals surface area contributed by atoms with Gasteiger partial charge in [0.25, 0.3) is 0 Å². The Morgan fingerprint density at radius 3 is 3.12 bits per heavy atom. The molecule has 0 aromatic carbocycles. The molecule has 0 unspecified atom stereocenters. The Balaban J connectivity index is 2.01. The molecule has 1 saturated heterocycles. The zero-order valence-electron chi connectivity index (χ0n) is 10.4. The molecular formula is C12H18N4S. The quantitative estimate of drug-likeness (QED) is 0.826. The maximum absolute atomic E-state index is 8.98. The SMILES string of the molecule is CC(C)c1nnsc1CN1CCC[C@H](C#N)C1. The van der Waals surface area contributed by atoms with Crippen LogP contribution < -0.4 is 0 Å². The van der Waals surface area contributed by atoms with Crippen LogP contribution in [-0.2, 0) is 6.54 Å². The largest absolute Gasteiger partial charge is 0.297 e. The van der Waals surface area contributed by atoms with E-state index in [4.69, 9.17) is 5.26 Å². The molecule has 0 radical (unpaired) electrons. The van der Waals surface area contributed by atoms with Crippen molar-refractivity contribution in [1.29, 1.82) is 5.26 Å². The van der Waals surface area contributed by atoms with Gasteiger partial charge >= 0.3 is 0 Å². The maximum atomic E-state index is 8.98. The Kier molecular flexibility index (Phi) is 4.08. The van der Waals surface area contributed by atoms with Gasteiger partial charge in [-0.15, -0.1) is 5.10 Å². The van der Waals surface area contributed by atoms with Crippen molar-refractivity contribution in [3.63, 3.8) is 0 Å². The second-order valence-corrected chi connectivity index (χ2v) is 5.78. The standard InChI is InChI=1S/C12H18N4S/c1-9(2)12-11(17-15-14-12)8-16-5-3-4-10(6-13)7-16/h9-10H,3-5,7-8H2,1-2H3/t10-/m1/s1. The highest BCUT2D eigenvalue weighted by Crippen LogP contribution is 2.24. The highest BCUT2D eigenvalue weighted by atomic mass is 32.1. The third-order valence-electron chi connectivity index (χ3n) is 3.19. The van der Waals surface area contributed by atoms with Crippen LogP contribution in [0, 0.1) is 17.2 Å². The van der Waals surface area contributed by atoms with Gasteiger partial charge in [0.2, 0.25) is 0 Å². The number of nitrogens with zero attached hydrogens (tertiary/aromatic N) is 4.